The average Bonchev–Trinajstić information content (AvgIpc) is 2.78. The van der Waals surface area contributed by atoms with E-state index in [2.05, 4.69) is 4.98 Å². The van der Waals surface area contributed by atoms with Crippen LogP contribution in [-0.4, -0.2) is 58.0 Å². The van der Waals surface area contributed by atoms with E-state index in [0.29, 0.717) is 13.1 Å². The average molecular weight is 301 g/mol. The standard InChI is InChI=1S/C12H19N3O4S/c1-2-14-9-13-6-11(14)7-15-3-4-20(18,19)8-10(15)5-12(16)17/h6,9-10H,2-5,7-8H2,1H3,(H,16,17). The van der Waals surface area contributed by atoms with Gasteiger partial charge in [0.05, 0.1) is 29.9 Å². The highest BCUT2D eigenvalue weighted by Crippen LogP contribution is 2.18. The Morgan fingerprint density at radius 3 is 2.95 bits per heavy atom. The van der Waals surface area contributed by atoms with Gasteiger partial charge in [-0.15, -0.1) is 0 Å². The van der Waals surface area contributed by atoms with E-state index in [1.807, 2.05) is 16.4 Å². The minimum Gasteiger partial charge on any atom is -0.481 e. The molecule has 0 spiro atoms. The lowest BCUT2D eigenvalue weighted by Crippen LogP contribution is -2.49. The van der Waals surface area contributed by atoms with Crippen LogP contribution in [0.4, 0.5) is 0 Å². The summed E-state index contributed by atoms with van der Waals surface area (Å²) in [4.78, 5) is 16.9. The molecular weight excluding hydrogens is 282 g/mol. The molecule has 1 saturated heterocycles. The van der Waals surface area contributed by atoms with Gasteiger partial charge < -0.3 is 9.67 Å². The Bertz CT molecular complexity index is 581. The largest absolute Gasteiger partial charge is 0.481 e. The molecule has 0 saturated carbocycles. The molecule has 20 heavy (non-hydrogen) atoms. The fraction of sp³-hybridized carbons (Fsp3) is 0.667. The number of aryl methyl sites for hydroxylation is 1. The second-order valence-electron chi connectivity index (χ2n) is 5.01. The van der Waals surface area contributed by atoms with Crippen molar-refractivity contribution in [2.75, 3.05) is 18.1 Å². The zero-order chi connectivity index (χ0) is 14.8. The number of carboxylic acid groups (broad SMARTS) is 1. The van der Waals surface area contributed by atoms with Gasteiger partial charge in [0.1, 0.15) is 0 Å². The molecule has 1 aromatic rings. The second kappa shape index (κ2) is 5.92. The van der Waals surface area contributed by atoms with Crippen LogP contribution in [0.2, 0.25) is 0 Å². The van der Waals surface area contributed by atoms with Crippen LogP contribution in [0.25, 0.3) is 0 Å². The van der Waals surface area contributed by atoms with Crippen molar-refractivity contribution >= 4 is 15.8 Å². The summed E-state index contributed by atoms with van der Waals surface area (Å²) < 4.78 is 25.3. The summed E-state index contributed by atoms with van der Waals surface area (Å²) in [6.45, 7) is 3.68. The van der Waals surface area contributed by atoms with Crippen molar-refractivity contribution in [3.05, 3.63) is 18.2 Å². The fourth-order valence-electron chi connectivity index (χ4n) is 2.49. The predicted molar refractivity (Wildman–Crippen MR) is 73.0 cm³/mol. The number of rotatable bonds is 5. The molecule has 0 bridgehead atoms. The lowest BCUT2D eigenvalue weighted by atomic mass is 10.2. The summed E-state index contributed by atoms with van der Waals surface area (Å²) in [5.41, 5.74) is 0.974. The molecule has 1 unspecified atom stereocenters. The molecule has 1 fully saturated rings. The van der Waals surface area contributed by atoms with Gasteiger partial charge in [0, 0.05) is 31.9 Å². The van der Waals surface area contributed by atoms with Crippen molar-refractivity contribution in [3.8, 4) is 0 Å². The van der Waals surface area contributed by atoms with Crippen molar-refractivity contribution in [2.24, 2.45) is 0 Å². The number of nitrogens with zero attached hydrogens (tertiary/aromatic N) is 3. The Labute approximate surface area is 118 Å². The third-order valence-electron chi connectivity index (χ3n) is 3.57. The summed E-state index contributed by atoms with van der Waals surface area (Å²) in [6, 6.07) is -0.466. The Kier molecular flexibility index (Phi) is 4.44. The third kappa shape index (κ3) is 3.57. The molecule has 1 aromatic heterocycles. The first-order chi connectivity index (χ1) is 9.41. The van der Waals surface area contributed by atoms with E-state index in [1.165, 1.54) is 0 Å². The van der Waals surface area contributed by atoms with Crippen LogP contribution in [0, 0.1) is 0 Å². The molecule has 0 radical (unpaired) electrons. The lowest BCUT2D eigenvalue weighted by Gasteiger charge is -2.34. The molecule has 0 aliphatic carbocycles. The normalized spacial score (nSPS) is 22.8. The SMILES string of the molecule is CCn1cncc1CN1CCS(=O)(=O)CC1CC(=O)O. The zero-order valence-electron chi connectivity index (χ0n) is 11.4. The number of imidazole rings is 1. The summed E-state index contributed by atoms with van der Waals surface area (Å²) in [5.74, 6) is -0.968. The molecule has 1 N–H and O–H groups in total. The van der Waals surface area contributed by atoms with Gasteiger partial charge in [-0.2, -0.15) is 0 Å². The van der Waals surface area contributed by atoms with Crippen molar-refractivity contribution < 1.29 is 18.3 Å². The van der Waals surface area contributed by atoms with Gasteiger partial charge in [-0.05, 0) is 6.92 Å². The van der Waals surface area contributed by atoms with Crippen LogP contribution in [0.1, 0.15) is 19.0 Å². The summed E-state index contributed by atoms with van der Waals surface area (Å²) in [6.07, 6.45) is 3.31. The van der Waals surface area contributed by atoms with Crippen LogP contribution in [0.15, 0.2) is 12.5 Å². The quantitative estimate of drug-likeness (QED) is 0.821. The molecular formula is C12H19N3O4S. The highest BCUT2D eigenvalue weighted by Gasteiger charge is 2.32. The van der Waals surface area contributed by atoms with Gasteiger partial charge in [0.25, 0.3) is 0 Å². The molecule has 7 nitrogen and oxygen atoms in total. The van der Waals surface area contributed by atoms with Crippen LogP contribution in [0.3, 0.4) is 0 Å². The van der Waals surface area contributed by atoms with E-state index in [-0.39, 0.29) is 17.9 Å². The molecule has 2 heterocycles. The van der Waals surface area contributed by atoms with Crippen LogP contribution >= 0.6 is 0 Å². The Morgan fingerprint density at radius 2 is 2.30 bits per heavy atom. The topological polar surface area (TPSA) is 92.5 Å². The minimum absolute atomic E-state index is 0.0838. The summed E-state index contributed by atoms with van der Waals surface area (Å²) in [5, 5.41) is 8.94. The molecule has 8 heteroatoms. The lowest BCUT2D eigenvalue weighted by molar-refractivity contribution is -0.138. The first-order valence-corrected chi connectivity index (χ1v) is 8.38. The van der Waals surface area contributed by atoms with Crippen molar-refractivity contribution in [1.82, 2.24) is 14.5 Å². The maximum atomic E-state index is 11.7. The molecule has 1 aliphatic rings. The van der Waals surface area contributed by atoms with E-state index >= 15 is 0 Å². The minimum atomic E-state index is -3.13. The molecule has 1 aliphatic heterocycles. The third-order valence-corrected chi connectivity index (χ3v) is 5.26. The predicted octanol–water partition coefficient (Wildman–Crippen LogP) is -0.0233. The number of hydrogen-bond donors (Lipinski definition) is 1. The van der Waals surface area contributed by atoms with E-state index in [1.54, 1.807) is 12.5 Å². The Morgan fingerprint density at radius 1 is 1.55 bits per heavy atom. The van der Waals surface area contributed by atoms with Crippen LogP contribution < -0.4 is 0 Å². The van der Waals surface area contributed by atoms with E-state index < -0.39 is 21.8 Å². The summed E-state index contributed by atoms with van der Waals surface area (Å²) in [7, 11) is -3.13. The molecule has 112 valence electrons. The van der Waals surface area contributed by atoms with Gasteiger partial charge >= 0.3 is 5.97 Å². The Hall–Kier alpha value is -1.41. The van der Waals surface area contributed by atoms with Gasteiger partial charge in [-0.25, -0.2) is 13.4 Å². The highest BCUT2D eigenvalue weighted by molar-refractivity contribution is 7.91. The van der Waals surface area contributed by atoms with Crippen LogP contribution in [0.5, 0.6) is 0 Å². The van der Waals surface area contributed by atoms with Crippen molar-refractivity contribution in [1.29, 1.82) is 0 Å². The molecule has 1 atom stereocenters. The first kappa shape index (κ1) is 15.0. The van der Waals surface area contributed by atoms with Gasteiger partial charge in [0.15, 0.2) is 9.84 Å². The fourth-order valence-corrected chi connectivity index (χ4v) is 4.09. The second-order valence-corrected chi connectivity index (χ2v) is 7.24. The van der Waals surface area contributed by atoms with Crippen molar-refractivity contribution in [2.45, 2.75) is 32.5 Å². The molecule has 0 aromatic carbocycles. The summed E-state index contributed by atoms with van der Waals surface area (Å²) >= 11 is 0. The monoisotopic (exact) mass is 301 g/mol. The smallest absolute Gasteiger partial charge is 0.304 e. The Balaban J connectivity index is 2.14. The number of carboxylic acids is 1. The van der Waals surface area contributed by atoms with E-state index in [0.717, 1.165) is 12.2 Å². The van der Waals surface area contributed by atoms with Gasteiger partial charge in [0.2, 0.25) is 0 Å². The van der Waals surface area contributed by atoms with E-state index in [9.17, 15) is 13.2 Å². The van der Waals surface area contributed by atoms with Gasteiger partial charge in [-0.1, -0.05) is 0 Å². The maximum absolute atomic E-state index is 11.7. The number of sulfone groups is 1. The molecule has 2 rings (SSSR count). The zero-order valence-corrected chi connectivity index (χ0v) is 12.2. The van der Waals surface area contributed by atoms with Crippen molar-refractivity contribution in [3.63, 3.8) is 0 Å². The number of carbonyl (C=O) groups is 1. The number of aliphatic carboxylic acids is 1. The first-order valence-electron chi connectivity index (χ1n) is 6.56. The van der Waals surface area contributed by atoms with Gasteiger partial charge in [-0.3, -0.25) is 9.69 Å². The van der Waals surface area contributed by atoms with Crippen LogP contribution in [-0.2, 0) is 27.7 Å². The number of aromatic nitrogens is 2. The highest BCUT2D eigenvalue weighted by atomic mass is 32.2. The number of hydrogen-bond acceptors (Lipinski definition) is 5. The molecule has 0 amide bonds. The van der Waals surface area contributed by atoms with E-state index in [4.69, 9.17) is 5.11 Å². The maximum Gasteiger partial charge on any atom is 0.304 e.